The van der Waals surface area contributed by atoms with Crippen LogP contribution in [0, 0.1) is 0 Å². The summed E-state index contributed by atoms with van der Waals surface area (Å²) < 4.78 is 0. The summed E-state index contributed by atoms with van der Waals surface area (Å²) in [5.41, 5.74) is 9.77. The van der Waals surface area contributed by atoms with Crippen LogP contribution in [-0.4, -0.2) is 5.91 Å². The van der Waals surface area contributed by atoms with Crippen molar-refractivity contribution in [2.45, 2.75) is 32.6 Å². The first kappa shape index (κ1) is 15.1. The van der Waals surface area contributed by atoms with E-state index < -0.39 is 0 Å². The van der Waals surface area contributed by atoms with Gasteiger partial charge in [0.2, 0.25) is 5.91 Å². The van der Waals surface area contributed by atoms with Gasteiger partial charge in [-0.3, -0.25) is 4.79 Å². The van der Waals surface area contributed by atoms with E-state index in [1.165, 1.54) is 5.56 Å². The number of benzene rings is 2. The number of hydrogen-bond donors (Lipinski definition) is 2. The van der Waals surface area contributed by atoms with Crippen LogP contribution in [0.4, 0.5) is 11.4 Å². The van der Waals surface area contributed by atoms with E-state index in [-0.39, 0.29) is 5.91 Å². The van der Waals surface area contributed by atoms with E-state index in [0.717, 1.165) is 29.8 Å². The Hall–Kier alpha value is -2.29. The van der Waals surface area contributed by atoms with Gasteiger partial charge in [-0.2, -0.15) is 0 Å². The first-order valence-corrected chi connectivity index (χ1v) is 7.42. The molecule has 0 spiro atoms. The van der Waals surface area contributed by atoms with Gasteiger partial charge in [0.25, 0.3) is 0 Å². The summed E-state index contributed by atoms with van der Waals surface area (Å²) >= 11 is 0. The third kappa shape index (κ3) is 4.35. The quantitative estimate of drug-likeness (QED) is 0.792. The van der Waals surface area contributed by atoms with Crippen LogP contribution in [0.1, 0.15) is 30.9 Å². The molecule has 0 fully saturated rings. The lowest BCUT2D eigenvalue weighted by Crippen LogP contribution is -2.14. The number of nitrogen functional groups attached to an aromatic ring is 1. The van der Waals surface area contributed by atoms with Crippen LogP contribution < -0.4 is 11.1 Å². The van der Waals surface area contributed by atoms with Crippen LogP contribution in [0.25, 0.3) is 0 Å². The number of para-hydroxylation sites is 2. The average Bonchev–Trinajstić information content (AvgIpc) is 2.49. The smallest absolute Gasteiger partial charge is 0.224 e. The molecule has 0 saturated heterocycles. The first-order chi connectivity index (χ1) is 10.2. The summed E-state index contributed by atoms with van der Waals surface area (Å²) in [7, 11) is 0. The van der Waals surface area contributed by atoms with Crippen LogP contribution >= 0.6 is 0 Å². The van der Waals surface area contributed by atoms with Gasteiger partial charge in [0.15, 0.2) is 0 Å². The fraction of sp³-hybridized carbons (Fsp3) is 0.278. The highest BCUT2D eigenvalue weighted by molar-refractivity contribution is 5.91. The van der Waals surface area contributed by atoms with E-state index in [4.69, 9.17) is 5.73 Å². The number of nitrogens with two attached hydrogens (primary N) is 1. The molecular weight excluding hydrogens is 260 g/mol. The number of carbonyl (C=O) groups excluding carboxylic acids is 1. The highest BCUT2D eigenvalue weighted by Gasteiger charge is 2.07. The molecule has 0 radical (unpaired) electrons. The zero-order valence-corrected chi connectivity index (χ0v) is 12.4. The minimum Gasteiger partial charge on any atom is -0.399 e. The molecule has 3 heteroatoms. The lowest BCUT2D eigenvalue weighted by atomic mass is 10.1. The Morgan fingerprint density at radius 1 is 1.00 bits per heavy atom. The van der Waals surface area contributed by atoms with E-state index in [1.807, 2.05) is 42.5 Å². The molecule has 3 nitrogen and oxygen atoms in total. The van der Waals surface area contributed by atoms with Gasteiger partial charge in [-0.25, -0.2) is 0 Å². The van der Waals surface area contributed by atoms with Crippen LogP contribution in [0.2, 0.25) is 0 Å². The molecule has 3 N–H and O–H groups in total. The van der Waals surface area contributed by atoms with Crippen molar-refractivity contribution in [3.63, 3.8) is 0 Å². The van der Waals surface area contributed by atoms with Crippen molar-refractivity contribution >= 4 is 17.3 Å². The molecule has 1 amide bonds. The van der Waals surface area contributed by atoms with Gasteiger partial charge in [-0.15, -0.1) is 0 Å². The van der Waals surface area contributed by atoms with Crippen molar-refractivity contribution in [3.8, 4) is 0 Å². The summed E-state index contributed by atoms with van der Waals surface area (Å²) in [4.78, 5) is 12.1. The van der Waals surface area contributed by atoms with Gasteiger partial charge in [0, 0.05) is 17.8 Å². The van der Waals surface area contributed by atoms with Crippen molar-refractivity contribution in [1.82, 2.24) is 0 Å². The number of nitrogens with one attached hydrogen (secondary N) is 1. The number of amides is 1. The van der Waals surface area contributed by atoms with Gasteiger partial charge in [-0.1, -0.05) is 49.7 Å². The monoisotopic (exact) mass is 282 g/mol. The molecule has 0 aliphatic heterocycles. The van der Waals surface area contributed by atoms with E-state index >= 15 is 0 Å². The van der Waals surface area contributed by atoms with Crippen LogP contribution in [0.15, 0.2) is 48.5 Å². The minimum absolute atomic E-state index is 0.0295. The number of anilines is 2. The van der Waals surface area contributed by atoms with Crippen molar-refractivity contribution in [1.29, 1.82) is 0 Å². The molecule has 2 rings (SSSR count). The predicted molar refractivity (Wildman–Crippen MR) is 88.2 cm³/mol. The van der Waals surface area contributed by atoms with Crippen LogP contribution in [0.3, 0.4) is 0 Å². The van der Waals surface area contributed by atoms with Crippen LogP contribution in [-0.2, 0) is 17.6 Å². The zero-order chi connectivity index (χ0) is 15.1. The fourth-order valence-electron chi connectivity index (χ4n) is 2.35. The summed E-state index contributed by atoms with van der Waals surface area (Å²) in [5.74, 6) is 0.0295. The second kappa shape index (κ2) is 7.48. The van der Waals surface area contributed by atoms with Gasteiger partial charge < -0.3 is 11.1 Å². The number of rotatable bonds is 6. The molecule has 2 aromatic rings. The van der Waals surface area contributed by atoms with Crippen molar-refractivity contribution in [2.24, 2.45) is 0 Å². The van der Waals surface area contributed by atoms with E-state index in [9.17, 15) is 4.79 Å². The van der Waals surface area contributed by atoms with Crippen molar-refractivity contribution in [3.05, 3.63) is 59.7 Å². The maximum absolute atomic E-state index is 12.1. The summed E-state index contributed by atoms with van der Waals surface area (Å²) in [6.07, 6.45) is 3.14. The summed E-state index contributed by atoms with van der Waals surface area (Å²) in [5, 5.41) is 3.01. The zero-order valence-electron chi connectivity index (χ0n) is 12.4. The Balaban J connectivity index is 1.95. The highest BCUT2D eigenvalue weighted by Crippen LogP contribution is 2.18. The predicted octanol–water partition coefficient (Wildman–Crippen LogP) is 3.79. The van der Waals surface area contributed by atoms with Crippen molar-refractivity contribution in [2.75, 3.05) is 11.1 Å². The minimum atomic E-state index is 0.0295. The molecule has 0 heterocycles. The van der Waals surface area contributed by atoms with E-state index in [2.05, 4.69) is 18.3 Å². The van der Waals surface area contributed by atoms with E-state index in [0.29, 0.717) is 12.8 Å². The number of hydrogen-bond acceptors (Lipinski definition) is 2. The average molecular weight is 282 g/mol. The largest absolute Gasteiger partial charge is 0.399 e. The standard InChI is InChI=1S/C18H22N2O/c1-2-7-15-9-4-6-11-17(15)20-18(21)13-12-14-8-3-5-10-16(14)19/h3-6,8-11H,2,7,12-13,19H2,1H3,(H,20,21). The number of aryl methyl sites for hydroxylation is 2. The van der Waals surface area contributed by atoms with Gasteiger partial charge in [-0.05, 0) is 36.1 Å². The molecule has 2 aromatic carbocycles. The van der Waals surface area contributed by atoms with Gasteiger partial charge >= 0.3 is 0 Å². The Labute approximate surface area is 126 Å². The lowest BCUT2D eigenvalue weighted by Gasteiger charge is -2.11. The molecular formula is C18H22N2O. The molecule has 0 bridgehead atoms. The maximum Gasteiger partial charge on any atom is 0.224 e. The first-order valence-electron chi connectivity index (χ1n) is 7.42. The Morgan fingerprint density at radius 2 is 1.67 bits per heavy atom. The third-order valence-electron chi connectivity index (χ3n) is 3.49. The fourth-order valence-corrected chi connectivity index (χ4v) is 2.35. The molecule has 0 aliphatic carbocycles. The van der Waals surface area contributed by atoms with Gasteiger partial charge in [0.1, 0.15) is 0 Å². The summed E-state index contributed by atoms with van der Waals surface area (Å²) in [6, 6.07) is 15.7. The second-order valence-corrected chi connectivity index (χ2v) is 5.15. The topological polar surface area (TPSA) is 55.1 Å². The van der Waals surface area contributed by atoms with Crippen LogP contribution in [0.5, 0.6) is 0 Å². The Kier molecular flexibility index (Phi) is 5.38. The van der Waals surface area contributed by atoms with Gasteiger partial charge in [0.05, 0.1) is 0 Å². The van der Waals surface area contributed by atoms with Crippen molar-refractivity contribution < 1.29 is 4.79 Å². The highest BCUT2D eigenvalue weighted by atomic mass is 16.1. The third-order valence-corrected chi connectivity index (χ3v) is 3.49. The molecule has 0 aliphatic rings. The molecule has 0 unspecified atom stereocenters. The molecule has 110 valence electrons. The Bertz CT molecular complexity index is 608. The molecule has 0 saturated carbocycles. The Morgan fingerprint density at radius 3 is 2.38 bits per heavy atom. The van der Waals surface area contributed by atoms with E-state index in [1.54, 1.807) is 0 Å². The number of carbonyl (C=O) groups is 1. The SMILES string of the molecule is CCCc1ccccc1NC(=O)CCc1ccccc1N. The second-order valence-electron chi connectivity index (χ2n) is 5.15. The maximum atomic E-state index is 12.1. The molecule has 21 heavy (non-hydrogen) atoms. The summed E-state index contributed by atoms with van der Waals surface area (Å²) in [6.45, 7) is 2.14. The molecule has 0 aromatic heterocycles. The molecule has 0 atom stereocenters. The normalized spacial score (nSPS) is 10.3. The lowest BCUT2D eigenvalue weighted by molar-refractivity contribution is -0.116.